The number of pyridine rings is 2. The van der Waals surface area contributed by atoms with Gasteiger partial charge in [-0.15, -0.1) is 18.8 Å². The summed E-state index contributed by atoms with van der Waals surface area (Å²) in [5, 5.41) is 5.59. The van der Waals surface area contributed by atoms with Gasteiger partial charge < -0.3 is 14.9 Å². The van der Waals surface area contributed by atoms with Gasteiger partial charge in [0.15, 0.2) is 0 Å². The third-order valence-electron chi connectivity index (χ3n) is 5.59. The van der Waals surface area contributed by atoms with Crippen molar-refractivity contribution in [2.24, 2.45) is 5.10 Å². The van der Waals surface area contributed by atoms with E-state index in [1.165, 1.54) is 11.1 Å². The van der Waals surface area contributed by atoms with Gasteiger partial charge in [0.1, 0.15) is 11.9 Å². The molecule has 0 N–H and O–H groups in total. The van der Waals surface area contributed by atoms with Crippen LogP contribution >= 0.6 is 0 Å². The number of nitrogens with zero attached hydrogens (tertiary/aromatic N) is 5. The van der Waals surface area contributed by atoms with Gasteiger partial charge in [0.05, 0.1) is 6.34 Å². The zero-order valence-corrected chi connectivity index (χ0v) is 23.8. The summed E-state index contributed by atoms with van der Waals surface area (Å²) in [7, 11) is 0. The molecular formula is C29H23F5N5Pt-3. The standard InChI is InChI=1S/C15H10F3N3.C14H13F2N2.Pt/c16-15(17,18)12-6-8-14(9-7-12)21-11-20(10-19-21)13-4-2-1-3-5-13;1-14(2,3)9-6-7-17-11(8-9)10-4-5-12(15)18-13(10)16;/h1-8,10-11H;5-8H,1-3H3;/q-2;-1;. The number of hydrazone groups is 1. The SMILES string of the molecule is CC(C)(C)c1ccnc(-c2[c-]cc(F)nc2F)c1.FC(F)(F)c1c[c-]c(N2[CH-]N(c3ccccc3)C=N2)cc1.[Pt]. The summed E-state index contributed by atoms with van der Waals surface area (Å²) < 4.78 is 63.8. The molecule has 212 valence electrons. The first-order valence-electron chi connectivity index (χ1n) is 11.7. The van der Waals surface area contributed by atoms with E-state index in [2.05, 4.69) is 48.0 Å². The van der Waals surface area contributed by atoms with Crippen LogP contribution in [0.15, 0.2) is 78.0 Å². The predicted molar refractivity (Wildman–Crippen MR) is 139 cm³/mol. The summed E-state index contributed by atoms with van der Waals surface area (Å²) in [5.41, 5.74) is 2.07. The quantitative estimate of drug-likeness (QED) is 0.125. The fourth-order valence-corrected chi connectivity index (χ4v) is 3.47. The van der Waals surface area contributed by atoms with Crippen LogP contribution in [0.4, 0.5) is 33.3 Å². The Morgan fingerprint density at radius 2 is 1.60 bits per heavy atom. The van der Waals surface area contributed by atoms with Gasteiger partial charge in [0.2, 0.25) is 0 Å². The molecule has 0 atom stereocenters. The number of benzene rings is 2. The molecule has 1 aliphatic heterocycles. The molecule has 5 nitrogen and oxygen atoms in total. The molecule has 0 aliphatic carbocycles. The molecule has 2 aromatic heterocycles. The van der Waals surface area contributed by atoms with Gasteiger partial charge in [-0.05, 0) is 34.9 Å². The molecule has 2 aromatic carbocycles. The largest absolute Gasteiger partial charge is 0.463 e. The number of halogens is 5. The summed E-state index contributed by atoms with van der Waals surface area (Å²) in [4.78, 5) is 8.99. The van der Waals surface area contributed by atoms with Gasteiger partial charge >= 0.3 is 6.18 Å². The molecule has 0 unspecified atom stereocenters. The topological polar surface area (TPSA) is 44.6 Å². The van der Waals surface area contributed by atoms with Crippen molar-refractivity contribution in [1.29, 1.82) is 0 Å². The zero-order chi connectivity index (χ0) is 28.2. The monoisotopic (exact) mass is 731 g/mol. The maximum absolute atomic E-state index is 13.5. The summed E-state index contributed by atoms with van der Waals surface area (Å²) in [6, 6.07) is 22.5. The first-order valence-corrected chi connectivity index (χ1v) is 11.7. The van der Waals surface area contributed by atoms with Crippen LogP contribution in [0.25, 0.3) is 11.3 Å². The van der Waals surface area contributed by atoms with E-state index in [-0.39, 0.29) is 32.0 Å². The molecule has 3 heterocycles. The third-order valence-corrected chi connectivity index (χ3v) is 5.59. The minimum Gasteiger partial charge on any atom is -0.463 e. The number of hydrogen-bond acceptors (Lipinski definition) is 5. The number of rotatable bonds is 3. The molecule has 5 rings (SSSR count). The Hall–Kier alpha value is -3.65. The summed E-state index contributed by atoms with van der Waals surface area (Å²) >= 11 is 0. The normalized spacial score (nSPS) is 13.0. The minimum atomic E-state index is -4.36. The average molecular weight is 732 g/mol. The minimum absolute atomic E-state index is 0. The molecule has 0 amide bonds. The van der Waals surface area contributed by atoms with Crippen molar-refractivity contribution in [1.82, 2.24) is 9.97 Å². The molecule has 0 fully saturated rings. The van der Waals surface area contributed by atoms with Crippen molar-refractivity contribution in [3.8, 4) is 11.3 Å². The van der Waals surface area contributed by atoms with Crippen molar-refractivity contribution in [2.75, 3.05) is 9.91 Å². The van der Waals surface area contributed by atoms with Crippen LogP contribution in [0, 0.1) is 30.7 Å². The molecule has 0 saturated carbocycles. The van der Waals surface area contributed by atoms with Crippen LogP contribution in [0.5, 0.6) is 0 Å². The first kappa shape index (κ1) is 30.9. The zero-order valence-electron chi connectivity index (χ0n) is 21.5. The van der Waals surface area contributed by atoms with E-state index < -0.39 is 23.6 Å². The number of para-hydroxylation sites is 1. The fourth-order valence-electron chi connectivity index (χ4n) is 3.47. The molecule has 0 radical (unpaired) electrons. The van der Waals surface area contributed by atoms with Crippen molar-refractivity contribution in [2.45, 2.75) is 32.4 Å². The van der Waals surface area contributed by atoms with E-state index in [0.717, 1.165) is 29.4 Å². The molecular weight excluding hydrogens is 708 g/mol. The van der Waals surface area contributed by atoms with Gasteiger partial charge in [0, 0.05) is 32.9 Å². The summed E-state index contributed by atoms with van der Waals surface area (Å²) in [5.74, 6) is -1.78. The van der Waals surface area contributed by atoms with Crippen LogP contribution in [-0.4, -0.2) is 16.3 Å². The maximum Gasteiger partial charge on any atom is 0.370 e. The maximum atomic E-state index is 13.5. The second-order valence-electron chi connectivity index (χ2n) is 9.46. The molecule has 0 saturated heterocycles. The van der Waals surface area contributed by atoms with Gasteiger partial charge in [-0.2, -0.15) is 36.5 Å². The Morgan fingerprint density at radius 3 is 2.20 bits per heavy atom. The van der Waals surface area contributed by atoms with E-state index in [1.54, 1.807) is 30.2 Å². The number of aromatic nitrogens is 2. The Balaban J connectivity index is 0.000000218. The number of anilines is 2. The van der Waals surface area contributed by atoms with Gasteiger partial charge in [-0.1, -0.05) is 67.9 Å². The Kier molecular flexibility index (Phi) is 9.79. The van der Waals surface area contributed by atoms with Gasteiger partial charge in [0.25, 0.3) is 0 Å². The van der Waals surface area contributed by atoms with E-state index in [4.69, 9.17) is 0 Å². The van der Waals surface area contributed by atoms with Crippen LogP contribution in [-0.2, 0) is 32.7 Å². The molecule has 1 aliphatic rings. The van der Waals surface area contributed by atoms with E-state index in [9.17, 15) is 22.0 Å². The van der Waals surface area contributed by atoms with Crippen molar-refractivity contribution >= 4 is 17.7 Å². The van der Waals surface area contributed by atoms with E-state index in [1.807, 2.05) is 36.4 Å². The second-order valence-corrected chi connectivity index (χ2v) is 9.46. The van der Waals surface area contributed by atoms with Crippen LogP contribution in [0.2, 0.25) is 0 Å². The van der Waals surface area contributed by atoms with Crippen LogP contribution in [0.3, 0.4) is 0 Å². The molecule has 0 spiro atoms. The summed E-state index contributed by atoms with van der Waals surface area (Å²) in [6.07, 6.45) is -1.17. The first-order chi connectivity index (χ1) is 18.4. The second kappa shape index (κ2) is 12.7. The van der Waals surface area contributed by atoms with Crippen molar-refractivity contribution in [3.63, 3.8) is 0 Å². The average Bonchev–Trinajstić information content (AvgIpc) is 3.39. The van der Waals surface area contributed by atoms with Crippen LogP contribution in [0.1, 0.15) is 31.9 Å². The van der Waals surface area contributed by atoms with Crippen molar-refractivity contribution < 1.29 is 43.0 Å². The Labute approximate surface area is 243 Å². The van der Waals surface area contributed by atoms with E-state index in [0.29, 0.717) is 11.4 Å². The third kappa shape index (κ3) is 7.72. The fraction of sp³-hybridized carbons (Fsp3) is 0.172. The molecule has 40 heavy (non-hydrogen) atoms. The predicted octanol–water partition coefficient (Wildman–Crippen LogP) is 7.41. The molecule has 0 bridgehead atoms. The van der Waals surface area contributed by atoms with Crippen molar-refractivity contribution in [3.05, 3.63) is 115 Å². The Bertz CT molecular complexity index is 1440. The Morgan fingerprint density at radius 1 is 0.875 bits per heavy atom. The van der Waals surface area contributed by atoms with E-state index >= 15 is 0 Å². The number of alkyl halides is 3. The molecule has 4 aromatic rings. The van der Waals surface area contributed by atoms with Gasteiger partial charge in [-0.25, -0.2) is 8.78 Å². The number of hydrogen-bond donors (Lipinski definition) is 0. The smallest absolute Gasteiger partial charge is 0.370 e. The van der Waals surface area contributed by atoms with Crippen LogP contribution < -0.4 is 9.91 Å². The summed E-state index contributed by atoms with van der Waals surface area (Å²) in [6.45, 7) is 7.83. The molecule has 11 heteroatoms. The van der Waals surface area contributed by atoms with Gasteiger partial charge in [-0.3, -0.25) is 4.98 Å².